The fraction of sp³-hybridized carbons (Fsp3) is 0.636. The summed E-state index contributed by atoms with van der Waals surface area (Å²) in [6.45, 7) is 12.3. The summed E-state index contributed by atoms with van der Waals surface area (Å²) in [4.78, 5) is 28.5. The van der Waals surface area contributed by atoms with Crippen molar-refractivity contribution in [1.29, 1.82) is 0 Å². The van der Waals surface area contributed by atoms with Crippen LogP contribution < -0.4 is 10.2 Å². The molecule has 0 atom stereocenters. The Morgan fingerprint density at radius 3 is 2.22 bits per heavy atom. The Kier molecular flexibility index (Phi) is 11.2. The SMILES string of the molecule is CCCN(CCC)C(=O)CCCC(=O)NCCN(CC)c1ccccc1C. The van der Waals surface area contributed by atoms with Crippen molar-refractivity contribution in [2.75, 3.05) is 37.6 Å². The van der Waals surface area contributed by atoms with E-state index in [9.17, 15) is 9.59 Å². The lowest BCUT2D eigenvalue weighted by molar-refractivity contribution is -0.131. The first-order valence-corrected chi connectivity index (χ1v) is 10.4. The van der Waals surface area contributed by atoms with Crippen molar-refractivity contribution in [2.45, 2.75) is 59.8 Å². The average Bonchev–Trinajstić information content (AvgIpc) is 2.66. The number of hydrogen-bond acceptors (Lipinski definition) is 3. The van der Waals surface area contributed by atoms with Gasteiger partial charge in [-0.1, -0.05) is 32.0 Å². The number of nitrogens with one attached hydrogen (secondary N) is 1. The Labute approximate surface area is 165 Å². The molecule has 5 heteroatoms. The molecule has 0 aliphatic rings. The molecule has 27 heavy (non-hydrogen) atoms. The quantitative estimate of drug-likeness (QED) is 0.571. The summed E-state index contributed by atoms with van der Waals surface area (Å²) in [6.07, 6.45) is 3.43. The van der Waals surface area contributed by atoms with Gasteiger partial charge >= 0.3 is 0 Å². The maximum absolute atomic E-state index is 12.2. The van der Waals surface area contributed by atoms with Gasteiger partial charge in [0.25, 0.3) is 0 Å². The molecule has 1 rings (SSSR count). The van der Waals surface area contributed by atoms with E-state index in [1.54, 1.807) is 0 Å². The number of aryl methyl sites for hydroxylation is 1. The van der Waals surface area contributed by atoms with Gasteiger partial charge in [-0.05, 0) is 44.7 Å². The smallest absolute Gasteiger partial charge is 0.222 e. The second-order valence-corrected chi connectivity index (χ2v) is 6.95. The minimum absolute atomic E-state index is 0.0289. The van der Waals surface area contributed by atoms with Crippen LogP contribution in [0.4, 0.5) is 5.69 Å². The number of carbonyl (C=O) groups excluding carboxylic acids is 2. The van der Waals surface area contributed by atoms with E-state index in [2.05, 4.69) is 50.0 Å². The Balaban J connectivity index is 2.30. The highest BCUT2D eigenvalue weighted by Gasteiger charge is 2.12. The molecule has 1 aromatic carbocycles. The molecule has 0 radical (unpaired) electrons. The number of para-hydroxylation sites is 1. The minimum Gasteiger partial charge on any atom is -0.370 e. The maximum Gasteiger partial charge on any atom is 0.222 e. The predicted octanol–water partition coefficient (Wildman–Crippen LogP) is 3.76. The van der Waals surface area contributed by atoms with E-state index in [1.165, 1.54) is 11.3 Å². The van der Waals surface area contributed by atoms with Gasteiger partial charge in [-0.15, -0.1) is 0 Å². The molecular formula is C22H37N3O2. The molecule has 0 unspecified atom stereocenters. The van der Waals surface area contributed by atoms with E-state index < -0.39 is 0 Å². The molecule has 0 aromatic heterocycles. The summed E-state index contributed by atoms with van der Waals surface area (Å²) < 4.78 is 0. The fourth-order valence-corrected chi connectivity index (χ4v) is 3.25. The van der Waals surface area contributed by atoms with Gasteiger partial charge in [0, 0.05) is 51.3 Å². The molecule has 152 valence electrons. The molecule has 0 aliphatic carbocycles. The normalized spacial score (nSPS) is 10.5. The Bertz CT molecular complexity index is 568. The Hall–Kier alpha value is -2.04. The third-order valence-electron chi connectivity index (χ3n) is 4.68. The summed E-state index contributed by atoms with van der Waals surface area (Å²) >= 11 is 0. The average molecular weight is 376 g/mol. The summed E-state index contributed by atoms with van der Waals surface area (Å²) in [7, 11) is 0. The van der Waals surface area contributed by atoms with Crippen LogP contribution in [0.3, 0.4) is 0 Å². The van der Waals surface area contributed by atoms with Crippen molar-refractivity contribution < 1.29 is 9.59 Å². The number of likely N-dealkylation sites (N-methyl/N-ethyl adjacent to an activating group) is 1. The standard InChI is InChI=1S/C22H37N3O2/c1-5-16-25(17-6-2)22(27)14-10-13-21(26)23-15-18-24(7-3)20-12-9-8-11-19(20)4/h8-9,11-12H,5-7,10,13-18H2,1-4H3,(H,23,26). The van der Waals surface area contributed by atoms with Crippen LogP contribution in [-0.2, 0) is 9.59 Å². The first kappa shape index (κ1) is 23.0. The third-order valence-corrected chi connectivity index (χ3v) is 4.68. The highest BCUT2D eigenvalue weighted by molar-refractivity contribution is 5.79. The van der Waals surface area contributed by atoms with Crippen molar-refractivity contribution in [3.8, 4) is 0 Å². The molecule has 0 heterocycles. The zero-order valence-corrected chi connectivity index (χ0v) is 17.6. The van der Waals surface area contributed by atoms with Crippen molar-refractivity contribution in [3.05, 3.63) is 29.8 Å². The number of rotatable bonds is 13. The van der Waals surface area contributed by atoms with Crippen molar-refractivity contribution in [3.63, 3.8) is 0 Å². The third kappa shape index (κ3) is 8.46. The molecule has 0 aliphatic heterocycles. The van der Waals surface area contributed by atoms with Gasteiger partial charge in [-0.2, -0.15) is 0 Å². The molecule has 2 amide bonds. The van der Waals surface area contributed by atoms with E-state index in [0.717, 1.165) is 39.0 Å². The van der Waals surface area contributed by atoms with E-state index in [4.69, 9.17) is 0 Å². The topological polar surface area (TPSA) is 52.7 Å². The molecule has 0 bridgehead atoms. The van der Waals surface area contributed by atoms with Gasteiger partial charge in [0.2, 0.25) is 11.8 Å². The number of hydrogen-bond donors (Lipinski definition) is 1. The summed E-state index contributed by atoms with van der Waals surface area (Å²) in [6, 6.07) is 8.30. The minimum atomic E-state index is 0.0289. The Morgan fingerprint density at radius 2 is 1.63 bits per heavy atom. The first-order valence-electron chi connectivity index (χ1n) is 10.4. The highest BCUT2D eigenvalue weighted by Crippen LogP contribution is 2.18. The zero-order chi connectivity index (χ0) is 20.1. The van der Waals surface area contributed by atoms with E-state index in [1.807, 2.05) is 17.0 Å². The van der Waals surface area contributed by atoms with Gasteiger partial charge in [0.05, 0.1) is 0 Å². The van der Waals surface area contributed by atoms with Crippen LogP contribution in [0.15, 0.2) is 24.3 Å². The van der Waals surface area contributed by atoms with Crippen LogP contribution in [0, 0.1) is 6.92 Å². The van der Waals surface area contributed by atoms with Gasteiger partial charge in [-0.25, -0.2) is 0 Å². The van der Waals surface area contributed by atoms with Crippen LogP contribution in [0.25, 0.3) is 0 Å². The van der Waals surface area contributed by atoms with Crippen LogP contribution in [0.5, 0.6) is 0 Å². The van der Waals surface area contributed by atoms with E-state index in [-0.39, 0.29) is 11.8 Å². The van der Waals surface area contributed by atoms with Gasteiger partial charge < -0.3 is 15.1 Å². The molecule has 0 saturated heterocycles. The summed E-state index contributed by atoms with van der Waals surface area (Å²) in [5.41, 5.74) is 2.46. The maximum atomic E-state index is 12.2. The lowest BCUT2D eigenvalue weighted by atomic mass is 10.2. The van der Waals surface area contributed by atoms with Gasteiger partial charge in [-0.3, -0.25) is 9.59 Å². The number of benzene rings is 1. The Morgan fingerprint density at radius 1 is 0.963 bits per heavy atom. The fourth-order valence-electron chi connectivity index (χ4n) is 3.25. The number of amides is 2. The molecule has 0 spiro atoms. The number of nitrogens with zero attached hydrogens (tertiary/aromatic N) is 2. The molecule has 0 saturated carbocycles. The molecule has 1 N–H and O–H groups in total. The highest BCUT2D eigenvalue weighted by atomic mass is 16.2. The number of anilines is 1. The molecule has 1 aromatic rings. The second-order valence-electron chi connectivity index (χ2n) is 6.95. The van der Waals surface area contributed by atoms with Crippen LogP contribution >= 0.6 is 0 Å². The molecule has 0 fully saturated rings. The summed E-state index contributed by atoms with van der Waals surface area (Å²) in [5, 5.41) is 2.98. The van der Waals surface area contributed by atoms with Gasteiger partial charge in [0.1, 0.15) is 0 Å². The zero-order valence-electron chi connectivity index (χ0n) is 17.6. The van der Waals surface area contributed by atoms with E-state index in [0.29, 0.717) is 25.8 Å². The van der Waals surface area contributed by atoms with Crippen LogP contribution in [-0.4, -0.2) is 49.4 Å². The van der Waals surface area contributed by atoms with E-state index >= 15 is 0 Å². The molecular weight excluding hydrogens is 338 g/mol. The van der Waals surface area contributed by atoms with Crippen LogP contribution in [0.2, 0.25) is 0 Å². The van der Waals surface area contributed by atoms with Crippen LogP contribution in [0.1, 0.15) is 58.4 Å². The lowest BCUT2D eigenvalue weighted by Crippen LogP contribution is -2.35. The first-order chi connectivity index (χ1) is 13.0. The van der Waals surface area contributed by atoms with Crippen molar-refractivity contribution in [2.24, 2.45) is 0 Å². The largest absolute Gasteiger partial charge is 0.370 e. The number of carbonyl (C=O) groups is 2. The van der Waals surface area contributed by atoms with Crippen molar-refractivity contribution >= 4 is 17.5 Å². The monoisotopic (exact) mass is 375 g/mol. The summed E-state index contributed by atoms with van der Waals surface area (Å²) in [5.74, 6) is 0.199. The lowest BCUT2D eigenvalue weighted by Gasteiger charge is -2.25. The predicted molar refractivity (Wildman–Crippen MR) is 113 cm³/mol. The second kappa shape index (κ2) is 13.2. The van der Waals surface area contributed by atoms with Gasteiger partial charge in [0.15, 0.2) is 0 Å². The molecule has 5 nitrogen and oxygen atoms in total. The van der Waals surface area contributed by atoms with Crippen molar-refractivity contribution in [1.82, 2.24) is 10.2 Å².